The second kappa shape index (κ2) is 5.89. The zero-order valence-electron chi connectivity index (χ0n) is 14.8. The third kappa shape index (κ3) is 2.98. The first-order valence-electron chi connectivity index (χ1n) is 9.92. The van der Waals surface area contributed by atoms with Crippen molar-refractivity contribution in [3.05, 3.63) is 24.4 Å². The quantitative estimate of drug-likeness (QED) is 0.889. The number of urea groups is 1. The van der Waals surface area contributed by atoms with Gasteiger partial charge in [0, 0.05) is 30.9 Å². The van der Waals surface area contributed by atoms with Gasteiger partial charge in [-0.3, -0.25) is 0 Å². The van der Waals surface area contributed by atoms with Crippen LogP contribution in [-0.2, 0) is 0 Å². The molecule has 4 bridgehead atoms. The number of carbonyl (C=O) groups is 1. The lowest BCUT2D eigenvalue weighted by Crippen LogP contribution is -2.62. The number of hydrogen-bond donors (Lipinski definition) is 2. The fraction of sp³-hybridized carbons (Fsp3) is 0.700. The summed E-state index contributed by atoms with van der Waals surface area (Å²) in [5.74, 6) is 3.58. The molecule has 5 fully saturated rings. The number of pyridine rings is 1. The van der Waals surface area contributed by atoms with Gasteiger partial charge in [-0.25, -0.2) is 9.78 Å². The van der Waals surface area contributed by atoms with Gasteiger partial charge in [-0.1, -0.05) is 6.07 Å². The lowest BCUT2D eigenvalue weighted by atomic mass is 9.53. The summed E-state index contributed by atoms with van der Waals surface area (Å²) < 4.78 is 0. The van der Waals surface area contributed by atoms with Gasteiger partial charge in [-0.15, -0.1) is 0 Å². The monoisotopic (exact) mass is 340 g/mol. The van der Waals surface area contributed by atoms with E-state index in [1.165, 1.54) is 38.5 Å². The van der Waals surface area contributed by atoms with Crippen molar-refractivity contribution < 1.29 is 4.79 Å². The van der Waals surface area contributed by atoms with E-state index in [9.17, 15) is 4.79 Å². The zero-order chi connectivity index (χ0) is 16.9. The van der Waals surface area contributed by atoms with Crippen LogP contribution in [0.1, 0.15) is 44.9 Å². The molecule has 1 saturated heterocycles. The number of hydrogen-bond acceptors (Lipinski definition) is 3. The van der Waals surface area contributed by atoms with E-state index in [0.717, 1.165) is 43.1 Å². The number of rotatable bonds is 3. The van der Waals surface area contributed by atoms with E-state index < -0.39 is 0 Å². The van der Waals surface area contributed by atoms with Crippen LogP contribution < -0.4 is 15.5 Å². The van der Waals surface area contributed by atoms with E-state index in [-0.39, 0.29) is 17.6 Å². The highest BCUT2D eigenvalue weighted by atomic mass is 16.2. The molecule has 6 rings (SSSR count). The predicted octanol–water partition coefficient (Wildman–Crippen LogP) is 2.93. The van der Waals surface area contributed by atoms with E-state index in [1.54, 1.807) is 0 Å². The number of aromatic nitrogens is 1. The summed E-state index contributed by atoms with van der Waals surface area (Å²) in [7, 11) is 0. The Hall–Kier alpha value is -1.78. The molecule has 1 aromatic heterocycles. The van der Waals surface area contributed by atoms with Gasteiger partial charge in [0.1, 0.15) is 5.82 Å². The molecule has 0 spiro atoms. The number of nitrogens with one attached hydrogen (secondary N) is 2. The van der Waals surface area contributed by atoms with Crippen molar-refractivity contribution >= 4 is 11.8 Å². The maximum absolute atomic E-state index is 12.7. The minimum atomic E-state index is 0.0508. The average molecular weight is 340 g/mol. The van der Waals surface area contributed by atoms with E-state index in [2.05, 4.69) is 20.5 Å². The summed E-state index contributed by atoms with van der Waals surface area (Å²) in [5, 5.41) is 6.66. The molecule has 2 heterocycles. The molecule has 1 aromatic rings. The first-order chi connectivity index (χ1) is 12.2. The van der Waals surface area contributed by atoms with Crippen LogP contribution in [0.3, 0.4) is 0 Å². The highest BCUT2D eigenvalue weighted by molar-refractivity contribution is 5.75. The molecule has 25 heavy (non-hydrogen) atoms. The van der Waals surface area contributed by atoms with Crippen molar-refractivity contribution in [2.45, 2.75) is 56.5 Å². The molecule has 1 unspecified atom stereocenters. The lowest BCUT2D eigenvalue weighted by Gasteiger charge is -2.56. The molecule has 134 valence electrons. The fourth-order valence-electron chi connectivity index (χ4n) is 6.35. The summed E-state index contributed by atoms with van der Waals surface area (Å²) in [4.78, 5) is 19.3. The van der Waals surface area contributed by atoms with Crippen LogP contribution in [0, 0.1) is 17.8 Å². The maximum Gasteiger partial charge on any atom is 0.315 e. The Morgan fingerprint density at radius 2 is 1.84 bits per heavy atom. The summed E-state index contributed by atoms with van der Waals surface area (Å²) >= 11 is 0. The smallest absolute Gasteiger partial charge is 0.315 e. The maximum atomic E-state index is 12.7. The molecule has 0 radical (unpaired) electrons. The first-order valence-corrected chi connectivity index (χ1v) is 9.92. The summed E-state index contributed by atoms with van der Waals surface area (Å²) in [6.07, 6.45) is 10.7. The molecule has 1 aliphatic heterocycles. The van der Waals surface area contributed by atoms with Gasteiger partial charge < -0.3 is 15.5 Å². The summed E-state index contributed by atoms with van der Waals surface area (Å²) in [6.45, 7) is 1.81. The Balaban J connectivity index is 1.18. The van der Waals surface area contributed by atoms with Gasteiger partial charge in [-0.2, -0.15) is 0 Å². The van der Waals surface area contributed by atoms with Crippen LogP contribution in [0.4, 0.5) is 10.6 Å². The van der Waals surface area contributed by atoms with E-state index in [0.29, 0.717) is 0 Å². The highest BCUT2D eigenvalue weighted by Gasteiger charge is 2.51. The van der Waals surface area contributed by atoms with E-state index >= 15 is 0 Å². The van der Waals surface area contributed by atoms with E-state index in [1.807, 2.05) is 24.4 Å². The van der Waals surface area contributed by atoms with Gasteiger partial charge in [0.2, 0.25) is 0 Å². The lowest BCUT2D eigenvalue weighted by molar-refractivity contribution is -0.0136. The minimum Gasteiger partial charge on any atom is -0.354 e. The Bertz CT molecular complexity index is 611. The topological polar surface area (TPSA) is 57.3 Å². The van der Waals surface area contributed by atoms with Crippen molar-refractivity contribution in [2.24, 2.45) is 17.8 Å². The van der Waals surface area contributed by atoms with Crippen molar-refractivity contribution in [2.75, 3.05) is 18.0 Å². The van der Waals surface area contributed by atoms with Crippen LogP contribution in [-0.4, -0.2) is 35.7 Å². The predicted molar refractivity (Wildman–Crippen MR) is 97.4 cm³/mol. The molecule has 2 N–H and O–H groups in total. The molecule has 5 nitrogen and oxygen atoms in total. The molecule has 0 aromatic carbocycles. The number of amides is 2. The van der Waals surface area contributed by atoms with E-state index in [4.69, 9.17) is 0 Å². The largest absolute Gasteiger partial charge is 0.354 e. The van der Waals surface area contributed by atoms with Gasteiger partial charge in [0.05, 0.1) is 0 Å². The van der Waals surface area contributed by atoms with Gasteiger partial charge >= 0.3 is 6.03 Å². The molecule has 2 amide bonds. The van der Waals surface area contributed by atoms with Crippen LogP contribution in [0.15, 0.2) is 24.4 Å². The molecule has 5 aliphatic rings. The second-order valence-corrected chi connectivity index (χ2v) is 8.92. The average Bonchev–Trinajstić information content (AvgIpc) is 3.02. The number of anilines is 1. The zero-order valence-corrected chi connectivity index (χ0v) is 14.8. The molecule has 1 atom stereocenters. The molecule has 4 saturated carbocycles. The SMILES string of the molecule is O=C(NC1CCN(c2ccccn2)C1)NC12CC3CC(CC(C3)C1)C2. The molecule has 4 aliphatic carbocycles. The summed E-state index contributed by atoms with van der Waals surface area (Å²) in [5.41, 5.74) is 0.0953. The number of carbonyl (C=O) groups excluding carboxylic acids is 1. The van der Waals surface area contributed by atoms with Crippen molar-refractivity contribution in [3.63, 3.8) is 0 Å². The Kier molecular flexibility index (Phi) is 3.64. The third-order valence-corrected chi connectivity index (χ3v) is 6.91. The van der Waals surface area contributed by atoms with Crippen LogP contribution in [0.2, 0.25) is 0 Å². The molecule has 5 heteroatoms. The van der Waals surface area contributed by atoms with Gasteiger partial charge in [0.25, 0.3) is 0 Å². The fourth-order valence-corrected chi connectivity index (χ4v) is 6.35. The highest BCUT2D eigenvalue weighted by Crippen LogP contribution is 2.55. The van der Waals surface area contributed by atoms with Crippen LogP contribution in [0.5, 0.6) is 0 Å². The number of nitrogens with zero attached hydrogens (tertiary/aromatic N) is 2. The molecular weight excluding hydrogens is 312 g/mol. The Labute approximate surface area is 149 Å². The molecular formula is C20H28N4O. The second-order valence-electron chi connectivity index (χ2n) is 8.92. The van der Waals surface area contributed by atoms with Gasteiger partial charge in [0.15, 0.2) is 0 Å². The Morgan fingerprint density at radius 3 is 2.48 bits per heavy atom. The van der Waals surface area contributed by atoms with Crippen molar-refractivity contribution in [1.29, 1.82) is 0 Å². The normalized spacial score (nSPS) is 38.8. The third-order valence-electron chi connectivity index (χ3n) is 6.91. The first kappa shape index (κ1) is 15.5. The van der Waals surface area contributed by atoms with Crippen molar-refractivity contribution in [1.82, 2.24) is 15.6 Å². The van der Waals surface area contributed by atoms with Crippen LogP contribution >= 0.6 is 0 Å². The van der Waals surface area contributed by atoms with Crippen molar-refractivity contribution in [3.8, 4) is 0 Å². The summed E-state index contributed by atoms with van der Waals surface area (Å²) in [6, 6.07) is 6.26. The minimum absolute atomic E-state index is 0.0508. The van der Waals surface area contributed by atoms with Gasteiger partial charge in [-0.05, 0) is 74.8 Å². The van der Waals surface area contributed by atoms with Crippen LogP contribution in [0.25, 0.3) is 0 Å². The Morgan fingerprint density at radius 1 is 1.12 bits per heavy atom. The standard InChI is InChI=1S/C20H28N4O/c25-19(22-17-4-6-24(13-17)18-3-1-2-5-21-18)23-20-10-14-7-15(11-20)9-16(8-14)12-20/h1-3,5,14-17H,4,6-13H2,(H2,22,23,25).